The molecule has 0 bridgehead atoms. The number of urea groups is 1. The van der Waals surface area contributed by atoms with Crippen molar-refractivity contribution in [1.29, 1.82) is 0 Å². The molecule has 3 aromatic rings. The van der Waals surface area contributed by atoms with E-state index in [1.165, 1.54) is 25.3 Å². The third-order valence-electron chi connectivity index (χ3n) is 9.28. The van der Waals surface area contributed by atoms with E-state index in [0.717, 1.165) is 48.0 Å². The average molecular weight is 576 g/mol. The van der Waals surface area contributed by atoms with Crippen molar-refractivity contribution in [2.24, 2.45) is 0 Å². The quantitative estimate of drug-likeness (QED) is 0.465. The molecule has 4 heterocycles. The molecular weight excluding hydrogens is 533 g/mol. The number of benzene rings is 2. The first-order valence-corrected chi connectivity index (χ1v) is 15.5. The highest BCUT2D eigenvalue weighted by Crippen LogP contribution is 2.24. The molecule has 3 aliphatic rings. The number of carbonyl (C=O) groups excluding carboxylic acids is 2. The van der Waals surface area contributed by atoms with Crippen LogP contribution in [0.4, 0.5) is 14.9 Å². The first kappa shape index (κ1) is 28.5. The number of likely N-dealkylation sites (tertiary alicyclic amines) is 2. The topological polar surface area (TPSA) is 87.8 Å². The average Bonchev–Trinajstić information content (AvgIpc) is 3.51. The third kappa shape index (κ3) is 6.23. The SMILES string of the molecule is Cc1cc(C[C@@H](NC(=O)N2CCN(c3ccccc3F)CC2)C(=O)N2CCC(N3CCCCC3)CC2)cc2cn[nH]c12. The fourth-order valence-electron chi connectivity index (χ4n) is 6.92. The standard InChI is InChI=1S/C32H42FN7O2/c1-23-19-24(20-25-22-34-36-30(23)25)21-28(31(41)39-13-9-26(10-14-39)37-11-5-2-6-12-37)35-32(42)40-17-15-38(16-18-40)29-8-4-3-7-27(29)33/h3-4,7-8,19-20,22,26,28H,2,5-6,9-18,21H2,1H3,(H,34,36)(H,35,42)/t28-/m1/s1. The Bertz CT molecular complexity index is 1390. The summed E-state index contributed by atoms with van der Waals surface area (Å²) in [6.45, 7) is 7.78. The predicted molar refractivity (Wildman–Crippen MR) is 162 cm³/mol. The van der Waals surface area contributed by atoms with E-state index in [0.29, 0.717) is 57.4 Å². The number of halogens is 1. The Labute approximate surface area is 247 Å². The number of piperidine rings is 2. The van der Waals surface area contributed by atoms with Gasteiger partial charge in [-0.25, -0.2) is 9.18 Å². The van der Waals surface area contributed by atoms with Crippen LogP contribution in [0, 0.1) is 12.7 Å². The van der Waals surface area contributed by atoms with Crippen molar-refractivity contribution in [3.05, 3.63) is 59.5 Å². The number of fused-ring (bicyclic) bond motifs is 1. The van der Waals surface area contributed by atoms with Gasteiger partial charge in [0.25, 0.3) is 0 Å². The summed E-state index contributed by atoms with van der Waals surface area (Å²) in [4.78, 5) is 35.8. The van der Waals surface area contributed by atoms with Crippen LogP contribution in [0.2, 0.25) is 0 Å². The van der Waals surface area contributed by atoms with Gasteiger partial charge < -0.3 is 24.9 Å². The van der Waals surface area contributed by atoms with Crippen LogP contribution in [-0.4, -0.2) is 101 Å². The Balaban J connectivity index is 1.13. The first-order valence-electron chi connectivity index (χ1n) is 15.5. The second kappa shape index (κ2) is 12.7. The molecule has 1 aromatic heterocycles. The number of nitrogens with zero attached hydrogens (tertiary/aromatic N) is 5. The van der Waals surface area contributed by atoms with Gasteiger partial charge in [-0.1, -0.05) is 24.6 Å². The molecule has 224 valence electrons. The van der Waals surface area contributed by atoms with E-state index >= 15 is 0 Å². The Hall–Kier alpha value is -3.66. The molecule has 3 saturated heterocycles. The molecule has 3 amide bonds. The summed E-state index contributed by atoms with van der Waals surface area (Å²) >= 11 is 0. The lowest BCUT2D eigenvalue weighted by Gasteiger charge is -2.41. The number of para-hydroxylation sites is 1. The molecule has 0 saturated carbocycles. The maximum Gasteiger partial charge on any atom is 0.318 e. The van der Waals surface area contributed by atoms with Crippen LogP contribution in [0.1, 0.15) is 43.2 Å². The summed E-state index contributed by atoms with van der Waals surface area (Å²) in [5.74, 6) is -0.273. The number of hydrogen-bond acceptors (Lipinski definition) is 5. The molecule has 0 radical (unpaired) electrons. The van der Waals surface area contributed by atoms with Crippen molar-refractivity contribution in [3.8, 4) is 0 Å². The van der Waals surface area contributed by atoms with E-state index in [2.05, 4.69) is 26.5 Å². The van der Waals surface area contributed by atoms with Crippen LogP contribution < -0.4 is 10.2 Å². The van der Waals surface area contributed by atoms with Crippen molar-refractivity contribution in [3.63, 3.8) is 0 Å². The first-order chi connectivity index (χ1) is 20.5. The van der Waals surface area contributed by atoms with Gasteiger partial charge in [-0.3, -0.25) is 9.89 Å². The van der Waals surface area contributed by atoms with Crippen LogP contribution in [0.25, 0.3) is 10.9 Å². The number of aryl methyl sites for hydroxylation is 1. The van der Waals surface area contributed by atoms with Gasteiger partial charge in [-0.2, -0.15) is 5.10 Å². The normalized spacial score (nSPS) is 19.7. The zero-order chi connectivity index (χ0) is 29.1. The molecule has 3 aliphatic heterocycles. The summed E-state index contributed by atoms with van der Waals surface area (Å²) in [5, 5.41) is 11.3. The Morgan fingerprint density at radius 2 is 1.71 bits per heavy atom. The highest BCUT2D eigenvalue weighted by molar-refractivity contribution is 5.88. The van der Waals surface area contributed by atoms with Gasteiger partial charge in [-0.05, 0) is 75.0 Å². The fraction of sp³-hybridized carbons (Fsp3) is 0.531. The zero-order valence-corrected chi connectivity index (χ0v) is 24.5. The van der Waals surface area contributed by atoms with E-state index in [-0.39, 0.29) is 17.8 Å². The third-order valence-corrected chi connectivity index (χ3v) is 9.28. The van der Waals surface area contributed by atoms with Crippen LogP contribution >= 0.6 is 0 Å². The van der Waals surface area contributed by atoms with Crippen molar-refractivity contribution in [2.45, 2.75) is 57.5 Å². The molecule has 3 fully saturated rings. The number of hydrogen-bond donors (Lipinski definition) is 2. The number of aromatic amines is 1. The molecule has 10 heteroatoms. The van der Waals surface area contributed by atoms with E-state index in [1.807, 2.05) is 28.9 Å². The van der Waals surface area contributed by atoms with Gasteiger partial charge in [0.2, 0.25) is 5.91 Å². The number of nitrogens with one attached hydrogen (secondary N) is 2. The maximum absolute atomic E-state index is 14.3. The van der Waals surface area contributed by atoms with Crippen molar-refractivity contribution >= 4 is 28.5 Å². The van der Waals surface area contributed by atoms with Crippen molar-refractivity contribution < 1.29 is 14.0 Å². The molecule has 2 N–H and O–H groups in total. The summed E-state index contributed by atoms with van der Waals surface area (Å²) in [5.41, 5.74) is 3.60. The molecular formula is C32H42FN7O2. The predicted octanol–water partition coefficient (Wildman–Crippen LogP) is 3.93. The Morgan fingerprint density at radius 1 is 0.976 bits per heavy atom. The van der Waals surface area contributed by atoms with E-state index in [9.17, 15) is 14.0 Å². The molecule has 2 aromatic carbocycles. The number of carbonyl (C=O) groups is 2. The number of amides is 3. The molecule has 1 atom stereocenters. The minimum absolute atomic E-state index is 0.0182. The van der Waals surface area contributed by atoms with Gasteiger partial charge in [0, 0.05) is 57.1 Å². The monoisotopic (exact) mass is 575 g/mol. The van der Waals surface area contributed by atoms with Crippen LogP contribution in [0.5, 0.6) is 0 Å². The lowest BCUT2D eigenvalue weighted by Crippen LogP contribution is -2.58. The molecule has 42 heavy (non-hydrogen) atoms. The largest absolute Gasteiger partial charge is 0.366 e. The molecule has 0 unspecified atom stereocenters. The van der Waals surface area contributed by atoms with Crippen LogP contribution in [0.15, 0.2) is 42.6 Å². The van der Waals surface area contributed by atoms with Gasteiger partial charge in [-0.15, -0.1) is 0 Å². The molecule has 6 rings (SSSR count). The van der Waals surface area contributed by atoms with Crippen molar-refractivity contribution in [2.75, 3.05) is 57.3 Å². The van der Waals surface area contributed by atoms with Gasteiger partial charge >= 0.3 is 6.03 Å². The smallest absolute Gasteiger partial charge is 0.318 e. The minimum atomic E-state index is -0.669. The summed E-state index contributed by atoms with van der Waals surface area (Å²) < 4.78 is 14.3. The zero-order valence-electron chi connectivity index (χ0n) is 24.5. The number of anilines is 1. The number of aromatic nitrogens is 2. The molecule has 9 nitrogen and oxygen atoms in total. The summed E-state index contributed by atoms with van der Waals surface area (Å²) in [7, 11) is 0. The second-order valence-electron chi connectivity index (χ2n) is 12.0. The van der Waals surface area contributed by atoms with E-state index < -0.39 is 6.04 Å². The molecule has 0 spiro atoms. The van der Waals surface area contributed by atoms with E-state index in [4.69, 9.17) is 0 Å². The van der Waals surface area contributed by atoms with E-state index in [1.54, 1.807) is 23.2 Å². The lowest BCUT2D eigenvalue weighted by molar-refractivity contribution is -0.134. The van der Waals surface area contributed by atoms with Crippen LogP contribution in [-0.2, 0) is 11.2 Å². The van der Waals surface area contributed by atoms with Gasteiger partial charge in [0.15, 0.2) is 0 Å². The van der Waals surface area contributed by atoms with Gasteiger partial charge in [0.1, 0.15) is 11.9 Å². The molecule has 0 aliphatic carbocycles. The minimum Gasteiger partial charge on any atom is -0.366 e. The number of piperazine rings is 1. The summed E-state index contributed by atoms with van der Waals surface area (Å²) in [6.07, 6.45) is 8.01. The fourth-order valence-corrected chi connectivity index (χ4v) is 6.92. The second-order valence-corrected chi connectivity index (χ2v) is 12.0. The lowest BCUT2D eigenvalue weighted by atomic mass is 9.97. The number of H-pyrrole nitrogens is 1. The van der Waals surface area contributed by atoms with Crippen molar-refractivity contribution in [1.82, 2.24) is 30.2 Å². The Kier molecular flexibility index (Phi) is 8.60. The van der Waals surface area contributed by atoms with Crippen LogP contribution in [0.3, 0.4) is 0 Å². The maximum atomic E-state index is 14.3. The number of rotatable bonds is 6. The highest BCUT2D eigenvalue weighted by Gasteiger charge is 2.33. The highest BCUT2D eigenvalue weighted by atomic mass is 19.1. The summed E-state index contributed by atoms with van der Waals surface area (Å²) in [6, 6.07) is 10.5. The Morgan fingerprint density at radius 3 is 2.45 bits per heavy atom. The van der Waals surface area contributed by atoms with Gasteiger partial charge in [0.05, 0.1) is 17.4 Å².